The van der Waals surface area contributed by atoms with Crippen LogP contribution in [0, 0.1) is 12.7 Å². The molecule has 0 fully saturated rings. The minimum Gasteiger partial charge on any atom is -0.398 e. The van der Waals surface area contributed by atoms with E-state index in [1.165, 1.54) is 31.2 Å². The van der Waals surface area contributed by atoms with Gasteiger partial charge >= 0.3 is 6.18 Å². The van der Waals surface area contributed by atoms with Crippen molar-refractivity contribution < 1.29 is 22.4 Å². The maximum Gasteiger partial charge on any atom is 0.399 e. The van der Waals surface area contributed by atoms with Crippen molar-refractivity contribution in [1.29, 1.82) is 0 Å². The third-order valence-corrected chi connectivity index (χ3v) is 4.04. The predicted molar refractivity (Wildman–Crippen MR) is 93.3 cm³/mol. The van der Waals surface area contributed by atoms with Crippen LogP contribution in [0.5, 0.6) is 0 Å². The number of nitrogen functional groups attached to an aromatic ring is 1. The lowest BCUT2D eigenvalue weighted by molar-refractivity contribution is -0.139. The van der Waals surface area contributed by atoms with Gasteiger partial charge in [0.05, 0.1) is 16.5 Å². The average Bonchev–Trinajstić information content (AvgIpc) is 2.51. The first-order valence-electron chi connectivity index (χ1n) is 7.40. The van der Waals surface area contributed by atoms with Crippen molar-refractivity contribution in [2.24, 2.45) is 5.73 Å². The smallest absolute Gasteiger partial charge is 0.398 e. The third-order valence-electron chi connectivity index (χ3n) is 3.77. The molecule has 2 aromatic carbocycles. The van der Waals surface area contributed by atoms with Gasteiger partial charge in [-0.3, -0.25) is 4.79 Å². The first-order valence-corrected chi connectivity index (χ1v) is 7.78. The van der Waals surface area contributed by atoms with E-state index in [0.29, 0.717) is 5.56 Å². The molecule has 8 heteroatoms. The summed E-state index contributed by atoms with van der Waals surface area (Å²) in [7, 11) is 0. The van der Waals surface area contributed by atoms with E-state index < -0.39 is 23.8 Å². The minimum absolute atomic E-state index is 0.0187. The number of rotatable bonds is 4. The van der Waals surface area contributed by atoms with Gasteiger partial charge in [0.1, 0.15) is 5.82 Å². The van der Waals surface area contributed by atoms with Crippen LogP contribution in [0.1, 0.15) is 33.0 Å². The summed E-state index contributed by atoms with van der Waals surface area (Å²) < 4.78 is 53.9. The summed E-state index contributed by atoms with van der Waals surface area (Å²) in [6.45, 7) is 1.34. The van der Waals surface area contributed by atoms with Crippen molar-refractivity contribution in [1.82, 2.24) is 0 Å². The second kappa shape index (κ2) is 7.37. The fourth-order valence-electron chi connectivity index (χ4n) is 2.46. The van der Waals surface area contributed by atoms with Gasteiger partial charge < -0.3 is 11.5 Å². The van der Waals surface area contributed by atoms with Crippen LogP contribution in [-0.4, -0.2) is 12.1 Å². The molecule has 0 spiro atoms. The summed E-state index contributed by atoms with van der Waals surface area (Å²) in [6.07, 6.45) is -2.48. The average molecular weight is 387 g/mol. The number of carbonyl (C=O) groups is 1. The fraction of sp³-hybridized carbons (Fsp3) is 0.167. The maximum absolute atomic E-state index is 13.6. The molecule has 0 heterocycles. The number of aryl methyl sites for hydroxylation is 1. The van der Waals surface area contributed by atoms with E-state index >= 15 is 0 Å². The number of allylic oxidation sites excluding steroid dienone is 1. The molecule has 0 aliphatic carbocycles. The number of benzene rings is 2. The van der Waals surface area contributed by atoms with Gasteiger partial charge in [-0.2, -0.15) is 13.2 Å². The van der Waals surface area contributed by atoms with Crippen molar-refractivity contribution in [3.63, 3.8) is 0 Å². The molecule has 2 aromatic rings. The Balaban J connectivity index is 2.42. The van der Waals surface area contributed by atoms with Gasteiger partial charge in [0, 0.05) is 5.69 Å². The summed E-state index contributed by atoms with van der Waals surface area (Å²) in [5.74, 6) is -3.48. The lowest BCUT2D eigenvalue weighted by atomic mass is 9.95. The van der Waals surface area contributed by atoms with Gasteiger partial charge in [0.25, 0.3) is 5.91 Å². The van der Waals surface area contributed by atoms with Crippen LogP contribution in [0.4, 0.5) is 23.2 Å². The zero-order chi connectivity index (χ0) is 19.6. The highest BCUT2D eigenvalue weighted by molar-refractivity contribution is 6.30. The third kappa shape index (κ3) is 4.35. The Bertz CT molecular complexity index is 855. The zero-order valence-corrected chi connectivity index (χ0v) is 14.3. The molecule has 1 unspecified atom stereocenters. The number of primary amides is 1. The van der Waals surface area contributed by atoms with Crippen molar-refractivity contribution in [3.8, 4) is 0 Å². The molecule has 4 N–H and O–H groups in total. The Kier molecular flexibility index (Phi) is 5.61. The van der Waals surface area contributed by atoms with Crippen LogP contribution in [0.2, 0.25) is 5.02 Å². The molecule has 0 aromatic heterocycles. The molecule has 0 bridgehead atoms. The number of anilines is 1. The van der Waals surface area contributed by atoms with Crippen molar-refractivity contribution in [2.75, 3.05) is 5.73 Å². The van der Waals surface area contributed by atoms with Gasteiger partial charge in [-0.25, -0.2) is 4.39 Å². The number of halogens is 5. The first kappa shape index (κ1) is 19.8. The summed E-state index contributed by atoms with van der Waals surface area (Å²) in [4.78, 5) is 11.1. The van der Waals surface area contributed by atoms with Gasteiger partial charge in [0.2, 0.25) is 0 Å². The maximum atomic E-state index is 13.6. The molecule has 26 heavy (non-hydrogen) atoms. The molecular weight excluding hydrogens is 372 g/mol. The summed E-state index contributed by atoms with van der Waals surface area (Å²) in [6, 6.07) is 6.15. The highest BCUT2D eigenvalue weighted by atomic mass is 35.5. The molecule has 0 saturated carbocycles. The summed E-state index contributed by atoms with van der Waals surface area (Å²) >= 11 is 5.67. The normalized spacial score (nSPS) is 13.2. The van der Waals surface area contributed by atoms with Crippen molar-refractivity contribution >= 4 is 29.3 Å². The molecule has 0 saturated heterocycles. The Morgan fingerprint density at radius 3 is 2.38 bits per heavy atom. The SMILES string of the molecule is Cc1cc(C(/C=C/c2ccc(C(N)=O)c(N)c2)C(F)(F)F)cc(Cl)c1F. The number of hydrogen-bond acceptors (Lipinski definition) is 2. The molecular formula is C18H15ClF4N2O. The highest BCUT2D eigenvalue weighted by Gasteiger charge is 2.39. The quantitative estimate of drug-likeness (QED) is 0.583. The van der Waals surface area contributed by atoms with Crippen LogP contribution in [0.3, 0.4) is 0 Å². The lowest BCUT2D eigenvalue weighted by Crippen LogP contribution is -2.19. The Morgan fingerprint density at radius 2 is 1.88 bits per heavy atom. The van der Waals surface area contributed by atoms with E-state index in [2.05, 4.69) is 0 Å². The van der Waals surface area contributed by atoms with Gasteiger partial charge in [-0.1, -0.05) is 35.9 Å². The number of nitrogens with two attached hydrogens (primary N) is 2. The molecule has 3 nitrogen and oxygen atoms in total. The fourth-order valence-corrected chi connectivity index (χ4v) is 2.73. The standard InChI is InChI=1S/C18H15ClF4N2O/c1-9-6-11(8-14(19)16(9)20)13(18(21,22)23)5-3-10-2-4-12(17(25)26)15(24)7-10/h2-8,13H,24H2,1H3,(H2,25,26)/b5-3+. The lowest BCUT2D eigenvalue weighted by Gasteiger charge is -2.18. The van der Waals surface area contributed by atoms with E-state index in [9.17, 15) is 22.4 Å². The highest BCUT2D eigenvalue weighted by Crippen LogP contribution is 2.38. The molecule has 2 rings (SSSR count). The minimum atomic E-state index is -4.61. The second-order valence-corrected chi connectivity index (χ2v) is 6.13. The monoisotopic (exact) mass is 386 g/mol. The van der Waals surface area contributed by atoms with E-state index in [-0.39, 0.29) is 27.4 Å². The molecule has 138 valence electrons. The number of alkyl halides is 3. The predicted octanol–water partition coefficient (Wildman–Crippen LogP) is 4.83. The van der Waals surface area contributed by atoms with Crippen LogP contribution in [0.15, 0.2) is 36.4 Å². The van der Waals surface area contributed by atoms with E-state index in [0.717, 1.165) is 18.2 Å². The first-order chi connectivity index (χ1) is 12.0. The molecule has 0 aliphatic heterocycles. The van der Waals surface area contributed by atoms with Gasteiger partial charge in [-0.05, 0) is 41.8 Å². The van der Waals surface area contributed by atoms with Gasteiger partial charge in [-0.15, -0.1) is 0 Å². The zero-order valence-electron chi connectivity index (χ0n) is 13.6. The second-order valence-electron chi connectivity index (χ2n) is 5.72. The van der Waals surface area contributed by atoms with Crippen LogP contribution >= 0.6 is 11.6 Å². The number of amides is 1. The number of carbonyl (C=O) groups excluding carboxylic acids is 1. The van der Waals surface area contributed by atoms with E-state index in [4.69, 9.17) is 23.1 Å². The summed E-state index contributed by atoms with van der Waals surface area (Å²) in [5, 5.41) is -0.377. The van der Waals surface area contributed by atoms with Crippen LogP contribution in [-0.2, 0) is 0 Å². The number of hydrogen-bond donors (Lipinski definition) is 2. The Morgan fingerprint density at radius 1 is 1.23 bits per heavy atom. The largest absolute Gasteiger partial charge is 0.399 e. The molecule has 1 amide bonds. The van der Waals surface area contributed by atoms with Crippen LogP contribution in [0.25, 0.3) is 6.08 Å². The van der Waals surface area contributed by atoms with E-state index in [1.54, 1.807) is 0 Å². The van der Waals surface area contributed by atoms with Gasteiger partial charge in [0.15, 0.2) is 0 Å². The summed E-state index contributed by atoms with van der Waals surface area (Å²) in [5.41, 5.74) is 11.1. The Hall–Kier alpha value is -2.54. The van der Waals surface area contributed by atoms with E-state index in [1.807, 2.05) is 0 Å². The van der Waals surface area contributed by atoms with Crippen molar-refractivity contribution in [3.05, 3.63) is 69.5 Å². The van der Waals surface area contributed by atoms with Crippen LogP contribution < -0.4 is 11.5 Å². The molecule has 0 radical (unpaired) electrons. The molecule has 0 aliphatic rings. The topological polar surface area (TPSA) is 69.1 Å². The Labute approximate surface area is 152 Å². The van der Waals surface area contributed by atoms with Crippen molar-refractivity contribution in [2.45, 2.75) is 19.0 Å². The molecule has 1 atom stereocenters.